The number of hydrogen-bond donors (Lipinski definition) is 1. The molecule has 0 saturated carbocycles. The summed E-state index contributed by atoms with van der Waals surface area (Å²) in [4.78, 5) is 32.5. The van der Waals surface area contributed by atoms with Gasteiger partial charge in [-0.2, -0.15) is 13.2 Å². The van der Waals surface area contributed by atoms with Gasteiger partial charge >= 0.3 is 6.18 Å². The van der Waals surface area contributed by atoms with Gasteiger partial charge < -0.3 is 10.6 Å². The number of nitrogens with two attached hydrogens (primary N) is 1. The van der Waals surface area contributed by atoms with E-state index in [4.69, 9.17) is 17.3 Å². The second-order valence-corrected chi connectivity index (χ2v) is 8.89. The second kappa shape index (κ2) is 11.2. The lowest BCUT2D eigenvalue weighted by molar-refractivity contribution is -0.137. The van der Waals surface area contributed by atoms with Gasteiger partial charge in [0.25, 0.3) is 11.5 Å². The number of hydrogen-bond acceptors (Lipinski definition) is 4. The summed E-state index contributed by atoms with van der Waals surface area (Å²) < 4.78 is 41.1. The van der Waals surface area contributed by atoms with Crippen molar-refractivity contribution in [3.63, 3.8) is 0 Å². The molecule has 0 aliphatic carbocycles. The molecule has 1 unspecified atom stereocenters. The summed E-state index contributed by atoms with van der Waals surface area (Å²) in [6.07, 6.45) is -1.42. The Morgan fingerprint density at radius 2 is 1.86 bits per heavy atom. The van der Waals surface area contributed by atoms with Crippen LogP contribution in [-0.4, -0.2) is 33.4 Å². The van der Waals surface area contributed by atoms with Crippen LogP contribution >= 0.6 is 11.6 Å². The molecule has 0 bridgehead atoms. The van der Waals surface area contributed by atoms with E-state index >= 15 is 0 Å². The molecule has 1 atom stereocenters. The third-order valence-electron chi connectivity index (χ3n) is 5.97. The zero-order chi connectivity index (χ0) is 25.8. The molecule has 0 saturated heterocycles. The average Bonchev–Trinajstić information content (AvgIpc) is 2.82. The van der Waals surface area contributed by atoms with Gasteiger partial charge in [-0.3, -0.25) is 14.2 Å². The molecule has 6 nitrogen and oxygen atoms in total. The number of nitrogens with zero attached hydrogens (tertiary/aromatic N) is 3. The number of carbonyl (C=O) groups excluding carboxylic acids is 1. The van der Waals surface area contributed by atoms with Crippen molar-refractivity contribution in [3.8, 4) is 0 Å². The third kappa shape index (κ3) is 6.21. The molecule has 0 radical (unpaired) electrons. The Kier molecular flexibility index (Phi) is 8.56. The van der Waals surface area contributed by atoms with Crippen molar-refractivity contribution < 1.29 is 18.0 Å². The predicted molar refractivity (Wildman–Crippen MR) is 130 cm³/mol. The monoisotopic (exact) mass is 508 g/mol. The van der Waals surface area contributed by atoms with Gasteiger partial charge in [-0.25, -0.2) is 4.98 Å². The predicted octanol–water partition coefficient (Wildman–Crippen LogP) is 5.33. The number of rotatable bonds is 9. The first-order valence-corrected chi connectivity index (χ1v) is 11.8. The maximum atomic E-state index is 13.5. The Bertz CT molecular complexity index is 1260. The normalized spacial score (nSPS) is 12.7. The van der Waals surface area contributed by atoms with E-state index in [1.165, 1.54) is 21.6 Å². The molecule has 3 rings (SSSR count). The zero-order valence-corrected chi connectivity index (χ0v) is 20.4. The van der Waals surface area contributed by atoms with E-state index in [1.807, 2.05) is 0 Å². The topological polar surface area (TPSA) is 81.2 Å². The molecule has 3 aromatic rings. The van der Waals surface area contributed by atoms with E-state index in [1.54, 1.807) is 32.2 Å². The molecule has 1 heterocycles. The van der Waals surface area contributed by atoms with Crippen molar-refractivity contribution in [2.45, 2.75) is 44.8 Å². The molecule has 35 heavy (non-hydrogen) atoms. The van der Waals surface area contributed by atoms with E-state index in [9.17, 15) is 22.8 Å². The molecular weight excluding hydrogens is 481 g/mol. The number of fused-ring (bicyclic) bond motifs is 1. The van der Waals surface area contributed by atoms with Crippen LogP contribution in [0.3, 0.4) is 0 Å². The summed E-state index contributed by atoms with van der Waals surface area (Å²) in [6, 6.07) is 8.42. The minimum Gasteiger partial charge on any atom is -0.330 e. The Labute approximate surface area is 206 Å². The smallest absolute Gasteiger partial charge is 0.330 e. The van der Waals surface area contributed by atoms with E-state index in [-0.39, 0.29) is 17.7 Å². The highest BCUT2D eigenvalue weighted by Crippen LogP contribution is 2.31. The average molecular weight is 509 g/mol. The Balaban J connectivity index is 2.01. The van der Waals surface area contributed by atoms with Crippen molar-refractivity contribution in [2.24, 2.45) is 12.8 Å². The van der Waals surface area contributed by atoms with Crippen molar-refractivity contribution in [1.29, 1.82) is 0 Å². The first-order chi connectivity index (χ1) is 16.5. The first kappa shape index (κ1) is 26.7. The van der Waals surface area contributed by atoms with Gasteiger partial charge in [0.15, 0.2) is 0 Å². The molecule has 10 heteroatoms. The van der Waals surface area contributed by atoms with Gasteiger partial charge in [-0.15, -0.1) is 0 Å². The Morgan fingerprint density at radius 3 is 2.54 bits per heavy atom. The van der Waals surface area contributed by atoms with Crippen LogP contribution in [0.1, 0.15) is 60.4 Å². The number of unbranched alkanes of at least 4 members (excludes halogenated alkanes) is 3. The zero-order valence-electron chi connectivity index (χ0n) is 19.6. The number of aromatic nitrogens is 2. The maximum absolute atomic E-state index is 13.5. The molecule has 2 N–H and O–H groups in total. The quantitative estimate of drug-likeness (QED) is 0.396. The summed E-state index contributed by atoms with van der Waals surface area (Å²) in [7, 11) is 1.56. The van der Waals surface area contributed by atoms with E-state index in [0.717, 1.165) is 31.4 Å². The third-order valence-corrected chi connectivity index (χ3v) is 6.20. The van der Waals surface area contributed by atoms with E-state index in [2.05, 4.69) is 4.98 Å². The Morgan fingerprint density at radius 1 is 1.14 bits per heavy atom. The summed E-state index contributed by atoms with van der Waals surface area (Å²) in [5, 5.41) is 0.791. The SMILES string of the molecule is CC(c1nc2cc(Cl)ccc2c(=O)n1C)N(CCCCCCN)C(=O)c1cccc(C(F)(F)F)c1. The highest BCUT2D eigenvalue weighted by atomic mass is 35.5. The first-order valence-electron chi connectivity index (χ1n) is 11.4. The molecule has 1 aromatic heterocycles. The molecular formula is C25H28ClF3N4O2. The van der Waals surface area contributed by atoms with Gasteiger partial charge in [0.2, 0.25) is 0 Å². The van der Waals surface area contributed by atoms with Crippen LogP contribution in [-0.2, 0) is 13.2 Å². The molecule has 0 aliphatic rings. The fourth-order valence-electron chi connectivity index (χ4n) is 4.02. The molecule has 0 aliphatic heterocycles. The summed E-state index contributed by atoms with van der Waals surface area (Å²) >= 11 is 6.08. The van der Waals surface area contributed by atoms with Crippen LogP contribution in [0.4, 0.5) is 13.2 Å². The molecule has 0 spiro atoms. The number of carbonyl (C=O) groups is 1. The fraction of sp³-hybridized carbons (Fsp3) is 0.400. The lowest BCUT2D eigenvalue weighted by Crippen LogP contribution is -2.38. The van der Waals surface area contributed by atoms with Crippen molar-refractivity contribution in [2.75, 3.05) is 13.1 Å². The minimum absolute atomic E-state index is 0.0810. The van der Waals surface area contributed by atoms with Crippen LogP contribution in [0.5, 0.6) is 0 Å². The standard InChI is InChI=1S/C25H28ClF3N4O2/c1-16(22-31-21-15-19(26)10-11-20(21)24(35)32(22)2)33(13-6-4-3-5-12-30)23(34)17-8-7-9-18(14-17)25(27,28)29/h7-11,14-16H,3-6,12-13,30H2,1-2H3. The number of amides is 1. The van der Waals surface area contributed by atoms with Crippen LogP contribution in [0.25, 0.3) is 10.9 Å². The summed E-state index contributed by atoms with van der Waals surface area (Å²) in [5.41, 5.74) is 4.65. The maximum Gasteiger partial charge on any atom is 0.416 e. The number of halogens is 4. The van der Waals surface area contributed by atoms with Crippen molar-refractivity contribution in [1.82, 2.24) is 14.5 Å². The van der Waals surface area contributed by atoms with Crippen molar-refractivity contribution in [3.05, 3.63) is 74.8 Å². The van der Waals surface area contributed by atoms with Crippen LogP contribution in [0.2, 0.25) is 5.02 Å². The van der Waals surface area contributed by atoms with Gasteiger partial charge in [-0.05, 0) is 62.7 Å². The van der Waals surface area contributed by atoms with Gasteiger partial charge in [-0.1, -0.05) is 30.5 Å². The van der Waals surface area contributed by atoms with Crippen LogP contribution < -0.4 is 11.3 Å². The minimum atomic E-state index is -4.57. The number of benzene rings is 2. The highest BCUT2D eigenvalue weighted by molar-refractivity contribution is 6.31. The van der Waals surface area contributed by atoms with Crippen LogP contribution in [0.15, 0.2) is 47.3 Å². The molecule has 188 valence electrons. The second-order valence-electron chi connectivity index (χ2n) is 8.45. The fourth-order valence-corrected chi connectivity index (χ4v) is 4.19. The summed E-state index contributed by atoms with van der Waals surface area (Å²) in [6.45, 7) is 2.56. The lowest BCUT2D eigenvalue weighted by atomic mass is 10.1. The Hall–Kier alpha value is -2.91. The largest absolute Gasteiger partial charge is 0.416 e. The molecule has 1 amide bonds. The van der Waals surface area contributed by atoms with Crippen LogP contribution in [0, 0.1) is 0 Å². The lowest BCUT2D eigenvalue weighted by Gasteiger charge is -2.30. The number of alkyl halides is 3. The van der Waals surface area contributed by atoms with Gasteiger partial charge in [0.1, 0.15) is 5.82 Å². The highest BCUT2D eigenvalue weighted by Gasteiger charge is 2.32. The van der Waals surface area contributed by atoms with Crippen molar-refractivity contribution >= 4 is 28.4 Å². The molecule has 2 aromatic carbocycles. The van der Waals surface area contributed by atoms with Gasteiger partial charge in [0.05, 0.1) is 22.5 Å². The van der Waals surface area contributed by atoms with E-state index < -0.39 is 23.7 Å². The van der Waals surface area contributed by atoms with E-state index in [0.29, 0.717) is 34.7 Å². The summed E-state index contributed by atoms with van der Waals surface area (Å²) in [5.74, 6) is -0.255. The van der Waals surface area contributed by atoms with Gasteiger partial charge in [0, 0.05) is 24.2 Å². The molecule has 0 fully saturated rings.